The van der Waals surface area contributed by atoms with Crippen LogP contribution < -0.4 is 5.73 Å². The quantitative estimate of drug-likeness (QED) is 0.648. The molecule has 0 aliphatic rings. The van der Waals surface area contributed by atoms with Crippen molar-refractivity contribution in [1.82, 2.24) is 15.0 Å². The Morgan fingerprint density at radius 1 is 1.31 bits per heavy atom. The average molecular weight is 183 g/mol. The second kappa shape index (κ2) is 5.70. The summed E-state index contributed by atoms with van der Waals surface area (Å²) in [5.41, 5.74) is 4.82. The van der Waals surface area contributed by atoms with Crippen LogP contribution in [0, 0.1) is 6.92 Å². The molecular weight excluding hydrogens is 164 g/mol. The molecule has 0 aliphatic carbocycles. The number of aryl methyl sites for hydroxylation is 2. The van der Waals surface area contributed by atoms with Gasteiger partial charge in [-0.2, -0.15) is 0 Å². The lowest BCUT2D eigenvalue weighted by atomic mass is 10.2. The first-order valence-corrected chi connectivity index (χ1v) is 4.99. The van der Waals surface area contributed by atoms with Crippen LogP contribution in [0.4, 0.5) is 0 Å². The van der Waals surface area contributed by atoms with E-state index in [1.165, 1.54) is 25.7 Å². The molecule has 74 valence electrons. The third-order valence-corrected chi connectivity index (χ3v) is 2.04. The molecule has 0 bridgehead atoms. The van der Waals surface area contributed by atoms with Crippen molar-refractivity contribution in [1.29, 1.82) is 0 Å². The molecule has 1 heterocycles. The number of aromatic nitrogens is 3. The van der Waals surface area contributed by atoms with Gasteiger partial charge in [0, 0.05) is 12.7 Å². The van der Waals surface area contributed by atoms with Gasteiger partial charge in [0.05, 0.1) is 12.2 Å². The summed E-state index contributed by atoms with van der Waals surface area (Å²) in [7, 11) is 0. The Labute approximate surface area is 79.1 Å². The summed E-state index contributed by atoms with van der Waals surface area (Å²) in [5, 5.41) is 7.92. The topological polar surface area (TPSA) is 58.4 Å². The van der Waals surface area contributed by atoms with E-state index >= 15 is 0 Å². The molecule has 3 N–H and O–H groups in total. The van der Waals surface area contributed by atoms with E-state index in [1.807, 2.05) is 17.8 Å². The maximum Gasteiger partial charge on any atom is 0.0796 e. The predicted octanol–water partition coefficient (Wildman–Crippen LogP) is 0.389. The molecule has 0 unspecified atom stereocenters. The predicted molar refractivity (Wildman–Crippen MR) is 51.0 cm³/mol. The summed E-state index contributed by atoms with van der Waals surface area (Å²) >= 11 is 0. The number of hydrogen-bond acceptors (Lipinski definition) is 2. The van der Waals surface area contributed by atoms with Crippen LogP contribution in [-0.2, 0) is 6.54 Å². The van der Waals surface area contributed by atoms with Crippen molar-refractivity contribution >= 4 is 0 Å². The van der Waals surface area contributed by atoms with Crippen molar-refractivity contribution in [2.45, 2.75) is 39.2 Å². The van der Waals surface area contributed by atoms with Gasteiger partial charge in [-0.15, -0.1) is 5.10 Å². The largest absolute Gasteiger partial charge is 0.358 e. The van der Waals surface area contributed by atoms with Crippen LogP contribution >= 0.6 is 0 Å². The fraction of sp³-hybridized carbons (Fsp3) is 0.778. The standard InChI is InChI=1S/C9H18N4/c1-9-8-13(12-11-9)7-5-3-2-4-6-10/h8H,2-7,10H2,1H3/p+1. The van der Waals surface area contributed by atoms with Gasteiger partial charge < -0.3 is 5.73 Å². The Bertz CT molecular complexity index is 231. The number of nitrogens with zero attached hydrogens (tertiary/aromatic N) is 3. The fourth-order valence-electron chi connectivity index (χ4n) is 1.31. The Balaban J connectivity index is 2.06. The van der Waals surface area contributed by atoms with Crippen molar-refractivity contribution in [3.8, 4) is 0 Å². The van der Waals surface area contributed by atoms with Gasteiger partial charge in [0.1, 0.15) is 0 Å². The van der Waals surface area contributed by atoms with Crippen molar-refractivity contribution in [2.75, 3.05) is 6.54 Å². The van der Waals surface area contributed by atoms with Gasteiger partial charge in [-0.25, -0.2) is 0 Å². The number of unbranched alkanes of at least 4 members (excludes halogenated alkanes) is 3. The zero-order valence-corrected chi connectivity index (χ0v) is 8.37. The highest BCUT2D eigenvalue weighted by Gasteiger charge is 1.95. The van der Waals surface area contributed by atoms with Crippen LogP contribution in [0.5, 0.6) is 0 Å². The van der Waals surface area contributed by atoms with Gasteiger partial charge in [-0.1, -0.05) is 11.6 Å². The molecule has 1 rings (SSSR count). The minimum absolute atomic E-state index is 0.998. The normalized spacial score (nSPS) is 10.6. The van der Waals surface area contributed by atoms with E-state index in [2.05, 4.69) is 16.0 Å². The highest BCUT2D eigenvalue weighted by Crippen LogP contribution is 2.00. The van der Waals surface area contributed by atoms with Crippen molar-refractivity contribution in [3.05, 3.63) is 11.9 Å². The average Bonchev–Trinajstić information content (AvgIpc) is 2.51. The molecule has 4 heteroatoms. The van der Waals surface area contributed by atoms with Gasteiger partial charge in [-0.05, 0) is 26.2 Å². The summed E-state index contributed by atoms with van der Waals surface area (Å²) in [6.45, 7) is 4.02. The van der Waals surface area contributed by atoms with E-state index in [-0.39, 0.29) is 0 Å². The van der Waals surface area contributed by atoms with E-state index in [9.17, 15) is 0 Å². The zero-order valence-electron chi connectivity index (χ0n) is 8.37. The van der Waals surface area contributed by atoms with Crippen molar-refractivity contribution in [3.63, 3.8) is 0 Å². The highest BCUT2D eigenvalue weighted by molar-refractivity contribution is 4.86. The van der Waals surface area contributed by atoms with Gasteiger partial charge in [-0.3, -0.25) is 4.68 Å². The van der Waals surface area contributed by atoms with E-state index in [4.69, 9.17) is 0 Å². The van der Waals surface area contributed by atoms with Crippen LogP contribution in [-0.4, -0.2) is 21.5 Å². The maximum atomic E-state index is 3.99. The lowest BCUT2D eigenvalue weighted by molar-refractivity contribution is -0.368. The molecule has 0 aromatic carbocycles. The van der Waals surface area contributed by atoms with E-state index in [1.54, 1.807) is 0 Å². The summed E-state index contributed by atoms with van der Waals surface area (Å²) in [6, 6.07) is 0. The summed E-state index contributed by atoms with van der Waals surface area (Å²) in [5.74, 6) is 0. The first-order valence-electron chi connectivity index (χ1n) is 4.99. The first kappa shape index (κ1) is 10.2. The minimum Gasteiger partial charge on any atom is -0.358 e. The number of hydrogen-bond donors (Lipinski definition) is 1. The number of quaternary nitrogens is 1. The van der Waals surface area contributed by atoms with E-state index in [0.717, 1.165) is 18.8 Å². The van der Waals surface area contributed by atoms with Crippen LogP contribution in [0.1, 0.15) is 31.4 Å². The molecule has 0 saturated carbocycles. The van der Waals surface area contributed by atoms with Crippen LogP contribution in [0.25, 0.3) is 0 Å². The third kappa shape index (κ3) is 4.03. The molecule has 0 atom stereocenters. The Kier molecular flexibility index (Phi) is 4.46. The summed E-state index contributed by atoms with van der Waals surface area (Å²) < 4.78 is 1.92. The lowest BCUT2D eigenvalue weighted by Gasteiger charge is -1.98. The zero-order chi connectivity index (χ0) is 9.52. The first-order chi connectivity index (χ1) is 6.33. The second-order valence-electron chi connectivity index (χ2n) is 3.39. The molecule has 0 amide bonds. The van der Waals surface area contributed by atoms with Gasteiger partial charge in [0.15, 0.2) is 0 Å². The van der Waals surface area contributed by atoms with Crippen molar-refractivity contribution in [2.24, 2.45) is 0 Å². The Hall–Kier alpha value is -0.900. The molecule has 13 heavy (non-hydrogen) atoms. The van der Waals surface area contributed by atoms with E-state index in [0.29, 0.717) is 0 Å². The van der Waals surface area contributed by atoms with E-state index < -0.39 is 0 Å². The highest BCUT2D eigenvalue weighted by atomic mass is 15.4. The van der Waals surface area contributed by atoms with Gasteiger partial charge >= 0.3 is 0 Å². The number of rotatable bonds is 6. The summed E-state index contributed by atoms with van der Waals surface area (Å²) in [6.07, 6.45) is 6.99. The lowest BCUT2D eigenvalue weighted by Crippen LogP contribution is -2.50. The van der Waals surface area contributed by atoms with Crippen molar-refractivity contribution < 1.29 is 5.73 Å². The Morgan fingerprint density at radius 3 is 2.69 bits per heavy atom. The minimum atomic E-state index is 0.998. The molecule has 0 radical (unpaired) electrons. The molecule has 0 fully saturated rings. The van der Waals surface area contributed by atoms with Crippen LogP contribution in [0.3, 0.4) is 0 Å². The SMILES string of the molecule is Cc1cn(CCCCCC[NH3+])nn1. The maximum absolute atomic E-state index is 3.99. The molecule has 4 nitrogen and oxygen atoms in total. The third-order valence-electron chi connectivity index (χ3n) is 2.04. The monoisotopic (exact) mass is 183 g/mol. The second-order valence-corrected chi connectivity index (χ2v) is 3.39. The molecule has 0 saturated heterocycles. The van der Waals surface area contributed by atoms with Gasteiger partial charge in [0.2, 0.25) is 0 Å². The molecular formula is C9H19N4+. The van der Waals surface area contributed by atoms with Crippen LogP contribution in [0.2, 0.25) is 0 Å². The Morgan fingerprint density at radius 2 is 2.08 bits per heavy atom. The molecule has 1 aromatic rings. The van der Waals surface area contributed by atoms with Crippen LogP contribution in [0.15, 0.2) is 6.20 Å². The molecule has 1 aromatic heterocycles. The van der Waals surface area contributed by atoms with Gasteiger partial charge in [0.25, 0.3) is 0 Å². The fourth-order valence-corrected chi connectivity index (χ4v) is 1.31. The molecule has 0 spiro atoms. The smallest absolute Gasteiger partial charge is 0.0796 e. The molecule has 0 aliphatic heterocycles. The summed E-state index contributed by atoms with van der Waals surface area (Å²) in [4.78, 5) is 0.